The van der Waals surface area contributed by atoms with Crippen molar-refractivity contribution in [2.24, 2.45) is 0 Å². The third-order valence-electron chi connectivity index (χ3n) is 4.36. The first-order valence-electron chi connectivity index (χ1n) is 7.98. The zero-order valence-corrected chi connectivity index (χ0v) is 16.0. The van der Waals surface area contributed by atoms with Crippen molar-refractivity contribution in [3.05, 3.63) is 35.4 Å². The molecule has 128 valence electrons. The van der Waals surface area contributed by atoms with Crippen LogP contribution in [0.3, 0.4) is 0 Å². The van der Waals surface area contributed by atoms with Crippen LogP contribution >= 0.6 is 35.7 Å². The molecule has 0 saturated carbocycles. The summed E-state index contributed by atoms with van der Waals surface area (Å²) < 4.78 is 0.523. The summed E-state index contributed by atoms with van der Waals surface area (Å²) in [5.41, 5.74) is 2.67. The second-order valence-electron chi connectivity index (χ2n) is 5.92. The van der Waals surface area contributed by atoms with Crippen LogP contribution in [0, 0.1) is 6.92 Å². The van der Waals surface area contributed by atoms with Crippen molar-refractivity contribution < 1.29 is 9.59 Å². The first kappa shape index (κ1) is 17.8. The molecule has 0 radical (unpaired) electrons. The largest absolute Gasteiger partial charge is 0.340 e. The van der Waals surface area contributed by atoms with E-state index in [1.54, 1.807) is 0 Å². The minimum absolute atomic E-state index is 0.000710. The van der Waals surface area contributed by atoms with Gasteiger partial charge in [-0.1, -0.05) is 48.2 Å². The molecule has 2 fully saturated rings. The topological polar surface area (TPSA) is 40.6 Å². The van der Waals surface area contributed by atoms with Gasteiger partial charge < -0.3 is 4.90 Å². The lowest BCUT2D eigenvalue weighted by molar-refractivity contribution is -0.135. The second-order valence-corrected chi connectivity index (χ2v) is 8.84. The SMILES string of the molecule is Cc1ccccc1[C@@H]1CCN(C(=O)CN2C(=O)CSC2=S)CCS1. The Balaban J connectivity index is 1.61. The van der Waals surface area contributed by atoms with Crippen molar-refractivity contribution in [2.75, 3.05) is 31.1 Å². The van der Waals surface area contributed by atoms with Crippen LogP contribution in [-0.2, 0) is 9.59 Å². The Bertz CT molecular complexity index is 649. The molecule has 2 aliphatic rings. The summed E-state index contributed by atoms with van der Waals surface area (Å²) in [6, 6.07) is 8.46. The Morgan fingerprint density at radius 2 is 2.12 bits per heavy atom. The van der Waals surface area contributed by atoms with Crippen molar-refractivity contribution >= 4 is 51.9 Å². The molecular weight excluding hydrogens is 360 g/mol. The van der Waals surface area contributed by atoms with E-state index in [-0.39, 0.29) is 18.4 Å². The van der Waals surface area contributed by atoms with Crippen LogP contribution in [0.2, 0.25) is 0 Å². The summed E-state index contributed by atoms with van der Waals surface area (Å²) in [7, 11) is 0. The third kappa shape index (κ3) is 3.95. The summed E-state index contributed by atoms with van der Waals surface area (Å²) in [5, 5.41) is 0.425. The highest BCUT2D eigenvalue weighted by Gasteiger charge is 2.31. The molecule has 3 rings (SSSR count). The molecule has 0 aliphatic carbocycles. The van der Waals surface area contributed by atoms with Crippen molar-refractivity contribution in [1.82, 2.24) is 9.80 Å². The lowest BCUT2D eigenvalue weighted by Crippen LogP contribution is -2.43. The van der Waals surface area contributed by atoms with Crippen molar-refractivity contribution in [3.8, 4) is 0 Å². The standard InChI is InChI=1S/C17H20N2O2S3/c1-12-4-2-3-5-13(12)14-6-7-18(8-9-23-14)15(20)10-19-16(21)11-24-17(19)22/h2-5,14H,6-11H2,1H3/t14-/m0/s1. The zero-order valence-electron chi connectivity index (χ0n) is 13.6. The Labute approximate surface area is 156 Å². The van der Waals surface area contributed by atoms with Gasteiger partial charge in [0.05, 0.1) is 5.75 Å². The van der Waals surface area contributed by atoms with E-state index in [9.17, 15) is 9.59 Å². The number of thioether (sulfide) groups is 2. The molecule has 4 nitrogen and oxygen atoms in total. The molecule has 0 spiro atoms. The fourth-order valence-electron chi connectivity index (χ4n) is 2.99. The van der Waals surface area contributed by atoms with Crippen molar-refractivity contribution in [3.63, 3.8) is 0 Å². The maximum absolute atomic E-state index is 12.6. The van der Waals surface area contributed by atoms with Crippen LogP contribution in [0.4, 0.5) is 0 Å². The summed E-state index contributed by atoms with van der Waals surface area (Å²) in [5.74, 6) is 1.22. The van der Waals surface area contributed by atoms with E-state index in [0.717, 1.165) is 25.3 Å². The van der Waals surface area contributed by atoms with Gasteiger partial charge in [0.15, 0.2) is 0 Å². The lowest BCUT2D eigenvalue weighted by atomic mass is 10.0. The van der Waals surface area contributed by atoms with Gasteiger partial charge in [0.1, 0.15) is 10.9 Å². The van der Waals surface area contributed by atoms with Gasteiger partial charge in [-0.15, -0.1) is 0 Å². The van der Waals surface area contributed by atoms with E-state index in [4.69, 9.17) is 12.2 Å². The molecule has 1 aromatic rings. The van der Waals surface area contributed by atoms with E-state index in [1.807, 2.05) is 16.7 Å². The van der Waals surface area contributed by atoms with E-state index < -0.39 is 0 Å². The van der Waals surface area contributed by atoms with Gasteiger partial charge >= 0.3 is 0 Å². The number of nitrogens with zero attached hydrogens (tertiary/aromatic N) is 2. The summed E-state index contributed by atoms with van der Waals surface area (Å²) in [6.45, 7) is 3.69. The third-order valence-corrected chi connectivity index (χ3v) is 7.11. The molecule has 0 aromatic heterocycles. The molecule has 1 atom stereocenters. The van der Waals surface area contributed by atoms with Crippen LogP contribution in [0.1, 0.15) is 22.8 Å². The Kier molecular flexibility index (Phi) is 5.84. The molecule has 1 aromatic carbocycles. The van der Waals surface area contributed by atoms with Crippen LogP contribution in [0.5, 0.6) is 0 Å². The smallest absolute Gasteiger partial charge is 0.242 e. The van der Waals surface area contributed by atoms with Gasteiger partial charge in [-0.25, -0.2) is 0 Å². The average Bonchev–Trinajstić information content (AvgIpc) is 2.79. The number of carbonyl (C=O) groups is 2. The summed E-state index contributed by atoms with van der Waals surface area (Å²) >= 11 is 8.40. The number of amides is 2. The van der Waals surface area contributed by atoms with E-state index >= 15 is 0 Å². The van der Waals surface area contributed by atoms with Crippen LogP contribution in [-0.4, -0.2) is 57.1 Å². The predicted octanol–water partition coefficient (Wildman–Crippen LogP) is 2.86. The minimum atomic E-state index is -0.0552. The maximum atomic E-state index is 12.6. The molecular formula is C17H20N2O2S3. The van der Waals surface area contributed by atoms with Gasteiger partial charge in [-0.2, -0.15) is 11.8 Å². The minimum Gasteiger partial charge on any atom is -0.340 e. The van der Waals surface area contributed by atoms with Crippen molar-refractivity contribution in [1.29, 1.82) is 0 Å². The molecule has 0 unspecified atom stereocenters. The molecule has 0 N–H and O–H groups in total. The van der Waals surface area contributed by atoms with Gasteiger partial charge in [0.25, 0.3) is 0 Å². The van der Waals surface area contributed by atoms with Crippen LogP contribution in [0.25, 0.3) is 0 Å². The highest BCUT2D eigenvalue weighted by atomic mass is 32.2. The lowest BCUT2D eigenvalue weighted by Gasteiger charge is -2.23. The second kappa shape index (κ2) is 7.89. The highest BCUT2D eigenvalue weighted by molar-refractivity contribution is 8.23. The van der Waals surface area contributed by atoms with E-state index in [0.29, 0.717) is 15.3 Å². The summed E-state index contributed by atoms with van der Waals surface area (Å²) in [6.07, 6.45) is 0.939. The Morgan fingerprint density at radius 3 is 2.83 bits per heavy atom. The number of rotatable bonds is 3. The molecule has 0 bridgehead atoms. The molecule has 2 saturated heterocycles. The van der Waals surface area contributed by atoms with Crippen LogP contribution < -0.4 is 0 Å². The van der Waals surface area contributed by atoms with Gasteiger partial charge in [0.2, 0.25) is 11.8 Å². The predicted molar refractivity (Wildman–Crippen MR) is 104 cm³/mol. The Hall–Kier alpha value is -1.05. The highest BCUT2D eigenvalue weighted by Crippen LogP contribution is 2.36. The Morgan fingerprint density at radius 1 is 1.33 bits per heavy atom. The average molecular weight is 381 g/mol. The number of thiocarbonyl (C=S) groups is 1. The molecule has 7 heteroatoms. The molecule has 24 heavy (non-hydrogen) atoms. The molecule has 2 amide bonds. The van der Waals surface area contributed by atoms with Crippen molar-refractivity contribution in [2.45, 2.75) is 18.6 Å². The zero-order chi connectivity index (χ0) is 17.1. The molecule has 2 aliphatic heterocycles. The number of hydrogen-bond acceptors (Lipinski definition) is 5. The van der Waals surface area contributed by atoms with Gasteiger partial charge in [-0.05, 0) is 24.5 Å². The first-order valence-corrected chi connectivity index (χ1v) is 10.4. The summed E-state index contributed by atoms with van der Waals surface area (Å²) in [4.78, 5) is 27.7. The monoisotopic (exact) mass is 380 g/mol. The molecule has 2 heterocycles. The number of hydrogen-bond donors (Lipinski definition) is 0. The quantitative estimate of drug-likeness (QED) is 0.754. The normalized spacial score (nSPS) is 22.0. The van der Waals surface area contributed by atoms with Gasteiger partial charge in [0, 0.05) is 24.1 Å². The van der Waals surface area contributed by atoms with E-state index in [1.165, 1.54) is 27.8 Å². The fraction of sp³-hybridized carbons (Fsp3) is 0.471. The maximum Gasteiger partial charge on any atom is 0.242 e. The fourth-order valence-corrected chi connectivity index (χ4v) is 5.38. The van der Waals surface area contributed by atoms with E-state index in [2.05, 4.69) is 31.2 Å². The number of benzene rings is 1. The van der Waals surface area contributed by atoms with Crippen LogP contribution in [0.15, 0.2) is 24.3 Å². The number of carbonyl (C=O) groups excluding carboxylic acids is 2. The van der Waals surface area contributed by atoms with Gasteiger partial charge in [-0.3, -0.25) is 14.5 Å². The first-order chi connectivity index (χ1) is 11.6. The number of aryl methyl sites for hydroxylation is 1.